The summed E-state index contributed by atoms with van der Waals surface area (Å²) in [6, 6.07) is 10.1. The molecule has 1 aliphatic carbocycles. The molecule has 0 bridgehead atoms. The van der Waals surface area contributed by atoms with Gasteiger partial charge in [0.25, 0.3) is 0 Å². The van der Waals surface area contributed by atoms with Crippen molar-refractivity contribution in [2.75, 3.05) is 0 Å². The Morgan fingerprint density at radius 1 is 1.41 bits per heavy atom. The number of carbonyl (C=O) groups excluding carboxylic acids is 1. The van der Waals surface area contributed by atoms with E-state index >= 15 is 0 Å². The highest BCUT2D eigenvalue weighted by Gasteiger charge is 2.45. The fourth-order valence-corrected chi connectivity index (χ4v) is 1.98. The summed E-state index contributed by atoms with van der Waals surface area (Å²) in [6.45, 7) is 1.85. The smallest absolute Gasteiger partial charge is 0.222 e. The Morgan fingerprint density at radius 2 is 2.00 bits per heavy atom. The van der Waals surface area contributed by atoms with Crippen molar-refractivity contribution >= 4 is 18.3 Å². The van der Waals surface area contributed by atoms with Gasteiger partial charge in [-0.3, -0.25) is 4.79 Å². The Morgan fingerprint density at radius 3 is 2.47 bits per heavy atom. The summed E-state index contributed by atoms with van der Waals surface area (Å²) >= 11 is 0. The van der Waals surface area contributed by atoms with Crippen LogP contribution in [0.4, 0.5) is 0 Å². The van der Waals surface area contributed by atoms with Gasteiger partial charge in [0.2, 0.25) is 5.91 Å². The molecule has 0 aromatic heterocycles. The molecule has 17 heavy (non-hydrogen) atoms. The third kappa shape index (κ3) is 3.45. The van der Waals surface area contributed by atoms with Gasteiger partial charge in [-0.15, -0.1) is 12.4 Å². The van der Waals surface area contributed by atoms with E-state index in [0.29, 0.717) is 6.42 Å². The summed E-state index contributed by atoms with van der Waals surface area (Å²) in [7, 11) is 0. The molecule has 1 fully saturated rings. The molecule has 1 saturated carbocycles. The number of nitrogens with one attached hydrogen (secondary N) is 1. The van der Waals surface area contributed by atoms with Crippen LogP contribution in [0.5, 0.6) is 0 Å². The molecule has 2 rings (SSSR count). The van der Waals surface area contributed by atoms with Gasteiger partial charge in [-0.05, 0) is 25.3 Å². The first-order chi connectivity index (χ1) is 7.62. The van der Waals surface area contributed by atoms with Gasteiger partial charge in [0.05, 0.1) is 5.54 Å². The molecule has 0 radical (unpaired) electrons. The topological polar surface area (TPSA) is 55.1 Å². The van der Waals surface area contributed by atoms with E-state index in [2.05, 4.69) is 17.4 Å². The lowest BCUT2D eigenvalue weighted by atomic mass is 10.0. The molecule has 1 aromatic carbocycles. The number of hydrogen-bond donors (Lipinski definition) is 2. The number of halogens is 1. The summed E-state index contributed by atoms with van der Waals surface area (Å²) in [6.07, 6.45) is 2.46. The quantitative estimate of drug-likeness (QED) is 0.863. The molecule has 0 aliphatic heterocycles. The highest BCUT2D eigenvalue weighted by atomic mass is 35.5. The highest BCUT2D eigenvalue weighted by molar-refractivity contribution is 5.85. The lowest BCUT2D eigenvalue weighted by Gasteiger charge is -2.18. The predicted octanol–water partition coefficient (Wildman–Crippen LogP) is 1.95. The summed E-state index contributed by atoms with van der Waals surface area (Å²) < 4.78 is 0. The van der Waals surface area contributed by atoms with E-state index in [4.69, 9.17) is 5.73 Å². The first kappa shape index (κ1) is 14.0. The van der Waals surface area contributed by atoms with Crippen molar-refractivity contribution < 1.29 is 4.79 Å². The largest absolute Gasteiger partial charge is 0.347 e. The van der Waals surface area contributed by atoms with Gasteiger partial charge in [-0.1, -0.05) is 30.3 Å². The Bertz CT molecular complexity index is 374. The van der Waals surface area contributed by atoms with Crippen LogP contribution in [0.1, 0.15) is 31.7 Å². The zero-order valence-electron chi connectivity index (χ0n) is 9.98. The molecule has 1 unspecified atom stereocenters. The normalized spacial score (nSPS) is 17.8. The second kappa shape index (κ2) is 5.52. The van der Waals surface area contributed by atoms with Gasteiger partial charge >= 0.3 is 0 Å². The van der Waals surface area contributed by atoms with Crippen LogP contribution in [0.25, 0.3) is 0 Å². The zero-order chi connectivity index (χ0) is 11.6. The Hall–Kier alpha value is -1.06. The number of carbonyl (C=O) groups is 1. The van der Waals surface area contributed by atoms with Crippen LogP contribution in [0.2, 0.25) is 0 Å². The molecule has 1 atom stereocenters. The molecule has 1 amide bonds. The van der Waals surface area contributed by atoms with E-state index in [1.165, 1.54) is 5.56 Å². The van der Waals surface area contributed by atoms with Crippen molar-refractivity contribution in [1.29, 1.82) is 0 Å². The minimum atomic E-state index is -0.104. The standard InChI is InChI=1S/C13H18N2O.ClH/c1-10(14)9-12(16)15-13(7-8-13)11-5-3-2-4-6-11;/h2-6,10H,7-9,14H2,1H3,(H,15,16);1H. The Kier molecular flexibility index (Phi) is 4.54. The SMILES string of the molecule is CC(N)CC(=O)NC1(c2ccccc2)CC1.Cl. The van der Waals surface area contributed by atoms with Crippen molar-refractivity contribution in [3.05, 3.63) is 35.9 Å². The van der Waals surface area contributed by atoms with E-state index in [1.807, 2.05) is 25.1 Å². The van der Waals surface area contributed by atoms with Crippen LogP contribution in [0.3, 0.4) is 0 Å². The van der Waals surface area contributed by atoms with E-state index in [9.17, 15) is 4.79 Å². The van der Waals surface area contributed by atoms with Crippen molar-refractivity contribution in [1.82, 2.24) is 5.32 Å². The molecule has 4 heteroatoms. The van der Waals surface area contributed by atoms with Crippen LogP contribution in [-0.2, 0) is 10.3 Å². The molecule has 3 nitrogen and oxygen atoms in total. The zero-order valence-corrected chi connectivity index (χ0v) is 10.8. The van der Waals surface area contributed by atoms with Crippen molar-refractivity contribution in [3.63, 3.8) is 0 Å². The second-order valence-electron chi connectivity index (χ2n) is 4.68. The van der Waals surface area contributed by atoms with Crippen LogP contribution in [0, 0.1) is 0 Å². The fraction of sp³-hybridized carbons (Fsp3) is 0.462. The maximum Gasteiger partial charge on any atom is 0.222 e. The summed E-state index contributed by atoms with van der Waals surface area (Å²) in [5, 5.41) is 3.10. The third-order valence-corrected chi connectivity index (χ3v) is 2.96. The molecule has 0 heterocycles. The maximum absolute atomic E-state index is 11.7. The van der Waals surface area contributed by atoms with Gasteiger partial charge in [-0.25, -0.2) is 0 Å². The van der Waals surface area contributed by atoms with Gasteiger partial charge in [-0.2, -0.15) is 0 Å². The second-order valence-corrected chi connectivity index (χ2v) is 4.68. The van der Waals surface area contributed by atoms with Crippen molar-refractivity contribution in [3.8, 4) is 0 Å². The number of hydrogen-bond acceptors (Lipinski definition) is 2. The molecule has 1 aromatic rings. The fourth-order valence-electron chi connectivity index (χ4n) is 1.98. The number of benzene rings is 1. The number of amides is 1. The van der Waals surface area contributed by atoms with Gasteiger partial charge in [0.15, 0.2) is 0 Å². The minimum Gasteiger partial charge on any atom is -0.347 e. The Balaban J connectivity index is 0.00000144. The average Bonchev–Trinajstić information content (AvgIpc) is 2.99. The first-order valence-electron chi connectivity index (χ1n) is 5.74. The van der Waals surface area contributed by atoms with Gasteiger partial charge in [0, 0.05) is 12.5 Å². The van der Waals surface area contributed by atoms with Crippen LogP contribution < -0.4 is 11.1 Å². The molecular formula is C13H19ClN2O. The average molecular weight is 255 g/mol. The van der Waals surface area contributed by atoms with E-state index in [-0.39, 0.29) is 29.9 Å². The molecule has 94 valence electrons. The van der Waals surface area contributed by atoms with Gasteiger partial charge < -0.3 is 11.1 Å². The van der Waals surface area contributed by atoms with E-state index in [0.717, 1.165) is 12.8 Å². The lowest BCUT2D eigenvalue weighted by Crippen LogP contribution is -2.37. The van der Waals surface area contributed by atoms with E-state index in [1.54, 1.807) is 0 Å². The Labute approximate surface area is 108 Å². The number of rotatable bonds is 4. The summed E-state index contributed by atoms with van der Waals surface area (Å²) in [4.78, 5) is 11.7. The molecule has 1 aliphatic rings. The predicted molar refractivity (Wildman–Crippen MR) is 71.0 cm³/mol. The first-order valence-corrected chi connectivity index (χ1v) is 5.74. The molecular weight excluding hydrogens is 236 g/mol. The number of nitrogens with two attached hydrogens (primary N) is 1. The van der Waals surface area contributed by atoms with E-state index < -0.39 is 0 Å². The van der Waals surface area contributed by atoms with Crippen molar-refractivity contribution in [2.24, 2.45) is 5.73 Å². The lowest BCUT2D eigenvalue weighted by molar-refractivity contribution is -0.122. The van der Waals surface area contributed by atoms with Crippen LogP contribution in [0.15, 0.2) is 30.3 Å². The van der Waals surface area contributed by atoms with Crippen molar-refractivity contribution in [2.45, 2.75) is 37.8 Å². The monoisotopic (exact) mass is 254 g/mol. The molecule has 3 N–H and O–H groups in total. The van der Waals surface area contributed by atoms with Crippen LogP contribution in [-0.4, -0.2) is 11.9 Å². The van der Waals surface area contributed by atoms with Crippen LogP contribution >= 0.6 is 12.4 Å². The third-order valence-electron chi connectivity index (χ3n) is 2.96. The maximum atomic E-state index is 11.7. The summed E-state index contributed by atoms with van der Waals surface area (Å²) in [5.41, 5.74) is 6.71. The van der Waals surface area contributed by atoms with Gasteiger partial charge in [0.1, 0.15) is 0 Å². The highest BCUT2D eigenvalue weighted by Crippen LogP contribution is 2.45. The molecule has 0 spiro atoms. The minimum absolute atomic E-state index is 0. The molecule has 0 saturated heterocycles. The summed E-state index contributed by atoms with van der Waals surface area (Å²) in [5.74, 6) is 0.0522.